The Morgan fingerprint density at radius 3 is 2.60 bits per heavy atom. The van der Waals surface area contributed by atoms with E-state index in [0.717, 1.165) is 0 Å². The SMILES string of the molecule is Cc1cc([N+](=O)[O-])ccc1OCC(NC(C)C)C(N)=O. The number of carbonyl (C=O) groups excluding carboxylic acids is 1. The molecule has 1 atom stereocenters. The summed E-state index contributed by atoms with van der Waals surface area (Å²) in [7, 11) is 0. The van der Waals surface area contributed by atoms with Gasteiger partial charge in [-0.2, -0.15) is 0 Å². The second kappa shape index (κ2) is 6.85. The van der Waals surface area contributed by atoms with E-state index in [0.29, 0.717) is 11.3 Å². The number of nitrogens with one attached hydrogen (secondary N) is 1. The molecular formula is C13H19N3O4. The summed E-state index contributed by atoms with van der Waals surface area (Å²) in [6.07, 6.45) is 0. The lowest BCUT2D eigenvalue weighted by Gasteiger charge is -2.19. The topological polar surface area (TPSA) is 107 Å². The van der Waals surface area contributed by atoms with Crippen LogP contribution in [0.4, 0.5) is 5.69 Å². The van der Waals surface area contributed by atoms with Gasteiger partial charge in [-0.15, -0.1) is 0 Å². The van der Waals surface area contributed by atoms with Gasteiger partial charge in [0.1, 0.15) is 18.4 Å². The van der Waals surface area contributed by atoms with E-state index in [4.69, 9.17) is 10.5 Å². The number of hydrogen-bond donors (Lipinski definition) is 2. The third-order valence-electron chi connectivity index (χ3n) is 2.65. The average molecular weight is 281 g/mol. The fraction of sp³-hybridized carbons (Fsp3) is 0.462. The normalized spacial score (nSPS) is 12.2. The van der Waals surface area contributed by atoms with Crippen LogP contribution in [0.2, 0.25) is 0 Å². The molecule has 110 valence electrons. The number of nitrogens with two attached hydrogens (primary N) is 1. The van der Waals surface area contributed by atoms with Gasteiger partial charge < -0.3 is 15.8 Å². The van der Waals surface area contributed by atoms with E-state index in [1.54, 1.807) is 6.92 Å². The van der Waals surface area contributed by atoms with Crippen molar-refractivity contribution < 1.29 is 14.5 Å². The zero-order chi connectivity index (χ0) is 15.3. The first-order valence-corrected chi connectivity index (χ1v) is 6.24. The van der Waals surface area contributed by atoms with E-state index in [-0.39, 0.29) is 18.3 Å². The molecule has 1 unspecified atom stereocenters. The van der Waals surface area contributed by atoms with Gasteiger partial charge in [0.05, 0.1) is 4.92 Å². The number of nitro groups is 1. The van der Waals surface area contributed by atoms with Crippen LogP contribution in [-0.4, -0.2) is 29.5 Å². The number of rotatable bonds is 7. The van der Waals surface area contributed by atoms with Crippen LogP contribution < -0.4 is 15.8 Å². The summed E-state index contributed by atoms with van der Waals surface area (Å²) in [6.45, 7) is 5.57. The van der Waals surface area contributed by atoms with Crippen LogP contribution in [-0.2, 0) is 4.79 Å². The maximum atomic E-state index is 11.3. The van der Waals surface area contributed by atoms with Gasteiger partial charge in [-0.3, -0.25) is 14.9 Å². The molecule has 1 amide bonds. The molecule has 0 radical (unpaired) electrons. The van der Waals surface area contributed by atoms with E-state index < -0.39 is 16.9 Å². The Balaban J connectivity index is 2.73. The highest BCUT2D eigenvalue weighted by Crippen LogP contribution is 2.23. The minimum atomic E-state index is -0.607. The Hall–Kier alpha value is -2.15. The van der Waals surface area contributed by atoms with Crippen molar-refractivity contribution in [2.75, 3.05) is 6.61 Å². The minimum Gasteiger partial charge on any atom is -0.491 e. The monoisotopic (exact) mass is 281 g/mol. The first kappa shape index (κ1) is 15.9. The molecule has 0 aromatic heterocycles. The molecule has 0 bridgehead atoms. The second-order valence-electron chi connectivity index (χ2n) is 4.79. The number of nitrogens with zero attached hydrogens (tertiary/aromatic N) is 1. The number of nitro benzene ring substituents is 1. The summed E-state index contributed by atoms with van der Waals surface area (Å²) in [5, 5.41) is 13.6. The smallest absolute Gasteiger partial charge is 0.269 e. The van der Waals surface area contributed by atoms with Crippen molar-refractivity contribution in [2.24, 2.45) is 5.73 Å². The number of primary amides is 1. The van der Waals surface area contributed by atoms with Gasteiger partial charge in [0, 0.05) is 18.2 Å². The van der Waals surface area contributed by atoms with Crippen LogP contribution in [0.5, 0.6) is 5.75 Å². The molecule has 1 rings (SSSR count). The third-order valence-corrected chi connectivity index (χ3v) is 2.65. The summed E-state index contributed by atoms with van der Waals surface area (Å²) >= 11 is 0. The maximum absolute atomic E-state index is 11.3. The molecule has 0 aliphatic rings. The highest BCUT2D eigenvalue weighted by atomic mass is 16.6. The van der Waals surface area contributed by atoms with Gasteiger partial charge >= 0.3 is 0 Å². The Morgan fingerprint density at radius 2 is 2.15 bits per heavy atom. The molecule has 7 nitrogen and oxygen atoms in total. The number of non-ortho nitro benzene ring substituents is 1. The number of amides is 1. The summed E-state index contributed by atoms with van der Waals surface area (Å²) in [6, 6.07) is 3.78. The first-order chi connectivity index (χ1) is 9.31. The molecule has 0 aliphatic carbocycles. The van der Waals surface area contributed by atoms with Crippen LogP contribution in [0, 0.1) is 17.0 Å². The van der Waals surface area contributed by atoms with E-state index >= 15 is 0 Å². The molecule has 7 heteroatoms. The van der Waals surface area contributed by atoms with Crippen molar-refractivity contribution in [3.8, 4) is 5.75 Å². The van der Waals surface area contributed by atoms with Crippen molar-refractivity contribution in [1.82, 2.24) is 5.32 Å². The molecule has 0 spiro atoms. The van der Waals surface area contributed by atoms with Gasteiger partial charge in [-0.1, -0.05) is 13.8 Å². The van der Waals surface area contributed by atoms with Crippen LogP contribution in [0.15, 0.2) is 18.2 Å². The number of aryl methyl sites for hydroxylation is 1. The minimum absolute atomic E-state index is 0.00149. The van der Waals surface area contributed by atoms with Crippen molar-refractivity contribution in [3.05, 3.63) is 33.9 Å². The maximum Gasteiger partial charge on any atom is 0.269 e. The number of carbonyl (C=O) groups is 1. The lowest BCUT2D eigenvalue weighted by molar-refractivity contribution is -0.384. The first-order valence-electron chi connectivity index (χ1n) is 6.24. The zero-order valence-corrected chi connectivity index (χ0v) is 11.8. The summed E-state index contributed by atoms with van der Waals surface area (Å²) in [5.74, 6) is -0.00864. The van der Waals surface area contributed by atoms with Crippen LogP contribution in [0.1, 0.15) is 19.4 Å². The largest absolute Gasteiger partial charge is 0.491 e. The van der Waals surface area contributed by atoms with E-state index in [1.807, 2.05) is 13.8 Å². The Bertz CT molecular complexity index is 502. The fourth-order valence-electron chi connectivity index (χ4n) is 1.70. The molecular weight excluding hydrogens is 262 g/mol. The Labute approximate surface area is 117 Å². The molecule has 20 heavy (non-hydrogen) atoms. The van der Waals surface area contributed by atoms with E-state index in [9.17, 15) is 14.9 Å². The lowest BCUT2D eigenvalue weighted by Crippen LogP contribution is -2.48. The van der Waals surface area contributed by atoms with E-state index in [1.165, 1.54) is 18.2 Å². The standard InChI is InChI=1S/C13H19N3O4/c1-8(2)15-11(13(14)17)7-20-12-5-4-10(16(18)19)6-9(12)3/h4-6,8,11,15H,7H2,1-3H3,(H2,14,17). The van der Waals surface area contributed by atoms with Crippen molar-refractivity contribution >= 4 is 11.6 Å². The van der Waals surface area contributed by atoms with Crippen LogP contribution >= 0.6 is 0 Å². The molecule has 0 heterocycles. The van der Waals surface area contributed by atoms with Crippen molar-refractivity contribution in [1.29, 1.82) is 0 Å². The van der Waals surface area contributed by atoms with Crippen LogP contribution in [0.3, 0.4) is 0 Å². The Kier molecular flexibility index (Phi) is 5.45. The summed E-state index contributed by atoms with van der Waals surface area (Å²) in [4.78, 5) is 21.4. The van der Waals surface area contributed by atoms with Crippen molar-refractivity contribution in [3.63, 3.8) is 0 Å². The number of benzene rings is 1. The fourth-order valence-corrected chi connectivity index (χ4v) is 1.70. The highest BCUT2D eigenvalue weighted by Gasteiger charge is 2.18. The highest BCUT2D eigenvalue weighted by molar-refractivity contribution is 5.80. The molecule has 1 aromatic rings. The Morgan fingerprint density at radius 1 is 1.50 bits per heavy atom. The average Bonchev–Trinajstić information content (AvgIpc) is 2.34. The van der Waals surface area contributed by atoms with Gasteiger partial charge in [-0.05, 0) is 18.6 Å². The lowest BCUT2D eigenvalue weighted by atomic mass is 10.2. The second-order valence-corrected chi connectivity index (χ2v) is 4.79. The summed E-state index contributed by atoms with van der Waals surface area (Å²) in [5.41, 5.74) is 5.91. The molecule has 0 saturated carbocycles. The quantitative estimate of drug-likeness (QED) is 0.575. The molecule has 0 saturated heterocycles. The van der Waals surface area contributed by atoms with Crippen LogP contribution in [0.25, 0.3) is 0 Å². The predicted octanol–water partition coefficient (Wildman–Crippen LogP) is 1.13. The van der Waals surface area contributed by atoms with Gasteiger partial charge in [0.2, 0.25) is 5.91 Å². The van der Waals surface area contributed by atoms with Gasteiger partial charge in [0.15, 0.2) is 0 Å². The molecule has 3 N–H and O–H groups in total. The predicted molar refractivity (Wildman–Crippen MR) is 74.6 cm³/mol. The van der Waals surface area contributed by atoms with Crippen molar-refractivity contribution in [2.45, 2.75) is 32.9 Å². The zero-order valence-electron chi connectivity index (χ0n) is 11.8. The molecule has 1 aromatic carbocycles. The molecule has 0 aliphatic heterocycles. The third kappa shape index (κ3) is 4.51. The summed E-state index contributed by atoms with van der Waals surface area (Å²) < 4.78 is 5.51. The van der Waals surface area contributed by atoms with Gasteiger partial charge in [-0.25, -0.2) is 0 Å². The molecule has 0 fully saturated rings. The number of ether oxygens (including phenoxy) is 1. The van der Waals surface area contributed by atoms with E-state index in [2.05, 4.69) is 5.32 Å². The number of hydrogen-bond acceptors (Lipinski definition) is 5. The van der Waals surface area contributed by atoms with Gasteiger partial charge in [0.25, 0.3) is 5.69 Å².